The first kappa shape index (κ1) is 21.1. The van der Waals surface area contributed by atoms with Crippen molar-refractivity contribution in [1.29, 1.82) is 0 Å². The summed E-state index contributed by atoms with van der Waals surface area (Å²) in [5, 5.41) is 6.85. The molecule has 1 fully saturated rings. The molecule has 1 aliphatic heterocycles. The Labute approximate surface area is 173 Å². The molecular formula is C21H29N5O2S. The van der Waals surface area contributed by atoms with Crippen molar-refractivity contribution in [1.82, 2.24) is 15.6 Å². The van der Waals surface area contributed by atoms with E-state index < -0.39 is 9.84 Å². The number of aromatic nitrogens is 1. The molecular weight excluding hydrogens is 386 g/mol. The standard InChI is InChI=1S/C21H29N5O2S/c1-22-21(24-14-10-17-6-8-19(9-7-17)29(2,27)28)25-18-11-15-26(16-12-18)20-5-3-4-13-23-20/h3-9,13,18H,10-12,14-16H2,1-2H3,(H2,22,24,25). The first-order valence-corrected chi connectivity index (χ1v) is 11.8. The molecule has 0 unspecified atom stereocenters. The molecule has 0 spiro atoms. The second kappa shape index (κ2) is 9.73. The number of hydrogen-bond acceptors (Lipinski definition) is 5. The quantitative estimate of drug-likeness (QED) is 0.553. The van der Waals surface area contributed by atoms with Crippen LogP contribution in [0.3, 0.4) is 0 Å². The molecule has 1 saturated heterocycles. The summed E-state index contributed by atoms with van der Waals surface area (Å²) in [4.78, 5) is 11.4. The molecule has 1 aliphatic rings. The van der Waals surface area contributed by atoms with Crippen LogP contribution < -0.4 is 15.5 Å². The highest BCUT2D eigenvalue weighted by atomic mass is 32.2. The lowest BCUT2D eigenvalue weighted by molar-refractivity contribution is 0.459. The molecule has 156 valence electrons. The summed E-state index contributed by atoms with van der Waals surface area (Å²) < 4.78 is 23.1. The Morgan fingerprint density at radius 3 is 2.48 bits per heavy atom. The Bertz CT molecular complexity index is 906. The number of sulfone groups is 1. The summed E-state index contributed by atoms with van der Waals surface area (Å²) in [6, 6.07) is 13.4. The zero-order valence-corrected chi connectivity index (χ0v) is 17.8. The van der Waals surface area contributed by atoms with E-state index in [9.17, 15) is 8.42 Å². The highest BCUT2D eigenvalue weighted by molar-refractivity contribution is 7.90. The van der Waals surface area contributed by atoms with Gasteiger partial charge in [0.05, 0.1) is 4.90 Å². The van der Waals surface area contributed by atoms with Crippen LogP contribution in [-0.4, -0.2) is 58.3 Å². The third-order valence-corrected chi connectivity index (χ3v) is 6.22. The van der Waals surface area contributed by atoms with E-state index in [0.29, 0.717) is 10.9 Å². The van der Waals surface area contributed by atoms with E-state index >= 15 is 0 Å². The molecule has 0 aliphatic carbocycles. The van der Waals surface area contributed by atoms with E-state index in [2.05, 4.69) is 31.6 Å². The fraction of sp³-hybridized carbons (Fsp3) is 0.429. The largest absolute Gasteiger partial charge is 0.356 e. The van der Waals surface area contributed by atoms with Crippen molar-refractivity contribution in [3.8, 4) is 0 Å². The fourth-order valence-electron chi connectivity index (χ4n) is 3.41. The number of nitrogens with one attached hydrogen (secondary N) is 2. The normalized spacial score (nSPS) is 15.9. The van der Waals surface area contributed by atoms with Crippen molar-refractivity contribution < 1.29 is 8.42 Å². The number of anilines is 1. The van der Waals surface area contributed by atoms with Gasteiger partial charge in [0.15, 0.2) is 15.8 Å². The fourth-order valence-corrected chi connectivity index (χ4v) is 4.04. The maximum absolute atomic E-state index is 11.5. The molecule has 0 bridgehead atoms. The third-order valence-electron chi connectivity index (χ3n) is 5.09. The number of aliphatic imine (C=N–C) groups is 1. The zero-order chi connectivity index (χ0) is 20.7. The summed E-state index contributed by atoms with van der Waals surface area (Å²) in [7, 11) is -1.37. The second-order valence-electron chi connectivity index (χ2n) is 7.26. The van der Waals surface area contributed by atoms with Crippen molar-refractivity contribution in [2.24, 2.45) is 4.99 Å². The van der Waals surface area contributed by atoms with E-state index in [1.54, 1.807) is 19.2 Å². The molecule has 0 saturated carbocycles. The van der Waals surface area contributed by atoms with E-state index in [1.165, 1.54) is 6.26 Å². The number of piperidine rings is 1. The van der Waals surface area contributed by atoms with Crippen LogP contribution in [0.2, 0.25) is 0 Å². The summed E-state index contributed by atoms with van der Waals surface area (Å²) in [5.41, 5.74) is 1.09. The average Bonchev–Trinajstić information content (AvgIpc) is 2.74. The molecule has 1 aromatic carbocycles. The molecule has 1 aromatic heterocycles. The molecule has 3 rings (SSSR count). The summed E-state index contributed by atoms with van der Waals surface area (Å²) in [5.74, 6) is 1.84. The van der Waals surface area contributed by atoms with Gasteiger partial charge in [-0.2, -0.15) is 0 Å². The molecule has 2 heterocycles. The van der Waals surface area contributed by atoms with Crippen molar-refractivity contribution in [3.63, 3.8) is 0 Å². The van der Waals surface area contributed by atoms with Gasteiger partial charge in [-0.25, -0.2) is 13.4 Å². The Morgan fingerprint density at radius 2 is 1.90 bits per heavy atom. The van der Waals surface area contributed by atoms with Gasteiger partial charge in [-0.3, -0.25) is 4.99 Å². The minimum Gasteiger partial charge on any atom is -0.356 e. The lowest BCUT2D eigenvalue weighted by Gasteiger charge is -2.33. The minimum atomic E-state index is -3.15. The highest BCUT2D eigenvalue weighted by Crippen LogP contribution is 2.17. The van der Waals surface area contributed by atoms with Gasteiger partial charge in [-0.05, 0) is 49.1 Å². The number of guanidine groups is 1. The van der Waals surface area contributed by atoms with Gasteiger partial charge in [0.25, 0.3) is 0 Å². The van der Waals surface area contributed by atoms with Gasteiger partial charge < -0.3 is 15.5 Å². The maximum Gasteiger partial charge on any atom is 0.191 e. The third kappa shape index (κ3) is 6.19. The van der Waals surface area contributed by atoms with E-state index in [1.807, 2.05) is 30.5 Å². The Balaban J connectivity index is 1.42. The first-order chi connectivity index (χ1) is 14.0. The summed E-state index contributed by atoms with van der Waals surface area (Å²) in [6.45, 7) is 2.67. The van der Waals surface area contributed by atoms with Crippen molar-refractivity contribution >= 4 is 21.6 Å². The van der Waals surface area contributed by atoms with Crippen LogP contribution >= 0.6 is 0 Å². The first-order valence-electron chi connectivity index (χ1n) is 9.88. The predicted octanol–water partition coefficient (Wildman–Crippen LogP) is 1.86. The number of hydrogen-bond donors (Lipinski definition) is 2. The van der Waals surface area contributed by atoms with Crippen LogP contribution in [0.5, 0.6) is 0 Å². The van der Waals surface area contributed by atoms with Gasteiger partial charge >= 0.3 is 0 Å². The zero-order valence-electron chi connectivity index (χ0n) is 17.0. The Hall–Kier alpha value is -2.61. The van der Waals surface area contributed by atoms with Crippen LogP contribution in [0.1, 0.15) is 18.4 Å². The lowest BCUT2D eigenvalue weighted by atomic mass is 10.1. The molecule has 29 heavy (non-hydrogen) atoms. The Kier molecular flexibility index (Phi) is 7.09. The van der Waals surface area contributed by atoms with Crippen LogP contribution in [0.4, 0.5) is 5.82 Å². The molecule has 2 aromatic rings. The van der Waals surface area contributed by atoms with E-state index in [-0.39, 0.29) is 0 Å². The molecule has 8 heteroatoms. The average molecular weight is 416 g/mol. The van der Waals surface area contributed by atoms with Crippen LogP contribution in [-0.2, 0) is 16.3 Å². The van der Waals surface area contributed by atoms with Crippen LogP contribution in [0.25, 0.3) is 0 Å². The molecule has 0 amide bonds. The van der Waals surface area contributed by atoms with E-state index in [0.717, 1.165) is 56.2 Å². The number of rotatable bonds is 6. The van der Waals surface area contributed by atoms with Gasteiger partial charge in [0, 0.05) is 45.2 Å². The van der Waals surface area contributed by atoms with E-state index in [4.69, 9.17) is 0 Å². The Morgan fingerprint density at radius 1 is 1.17 bits per heavy atom. The number of benzene rings is 1. The van der Waals surface area contributed by atoms with Gasteiger partial charge in [-0.1, -0.05) is 18.2 Å². The summed E-state index contributed by atoms with van der Waals surface area (Å²) >= 11 is 0. The van der Waals surface area contributed by atoms with Gasteiger partial charge in [-0.15, -0.1) is 0 Å². The van der Waals surface area contributed by atoms with Crippen molar-refractivity contribution in [2.75, 3.05) is 37.8 Å². The minimum absolute atomic E-state index is 0.351. The topological polar surface area (TPSA) is 86.7 Å². The van der Waals surface area contributed by atoms with Crippen molar-refractivity contribution in [3.05, 3.63) is 54.2 Å². The summed E-state index contributed by atoms with van der Waals surface area (Å²) in [6.07, 6.45) is 5.91. The van der Waals surface area contributed by atoms with Crippen LogP contribution in [0, 0.1) is 0 Å². The SMILES string of the molecule is CN=C(NCCc1ccc(S(C)(=O)=O)cc1)NC1CCN(c2ccccn2)CC1. The smallest absolute Gasteiger partial charge is 0.191 e. The second-order valence-corrected chi connectivity index (χ2v) is 9.27. The maximum atomic E-state index is 11.5. The molecule has 2 N–H and O–H groups in total. The van der Waals surface area contributed by atoms with Gasteiger partial charge in [0.2, 0.25) is 0 Å². The van der Waals surface area contributed by atoms with Gasteiger partial charge in [0.1, 0.15) is 5.82 Å². The lowest BCUT2D eigenvalue weighted by Crippen LogP contribution is -2.49. The molecule has 7 nitrogen and oxygen atoms in total. The number of nitrogens with zero attached hydrogens (tertiary/aromatic N) is 3. The predicted molar refractivity (Wildman–Crippen MR) is 117 cm³/mol. The number of pyridine rings is 1. The van der Waals surface area contributed by atoms with Crippen molar-refractivity contribution in [2.45, 2.75) is 30.2 Å². The molecule has 0 atom stereocenters. The monoisotopic (exact) mass is 415 g/mol. The highest BCUT2D eigenvalue weighted by Gasteiger charge is 2.20. The van der Waals surface area contributed by atoms with Crippen LogP contribution in [0.15, 0.2) is 58.5 Å². The molecule has 0 radical (unpaired) electrons.